The fraction of sp³-hybridized carbons (Fsp3) is 0.258. The van der Waals surface area contributed by atoms with Crippen molar-refractivity contribution in [3.63, 3.8) is 0 Å². The summed E-state index contributed by atoms with van der Waals surface area (Å²) in [7, 11) is -0.795. The molecule has 1 aliphatic heterocycles. The minimum absolute atomic E-state index is 0.0795. The van der Waals surface area contributed by atoms with Gasteiger partial charge in [-0.25, -0.2) is 22.2 Å². The Balaban J connectivity index is 1.45. The number of amides is 2. The van der Waals surface area contributed by atoms with E-state index in [1.165, 1.54) is 56.6 Å². The largest absolute Gasteiger partial charge is 0.455 e. The molecule has 0 aliphatic carbocycles. The summed E-state index contributed by atoms with van der Waals surface area (Å²) in [5, 5.41) is 3.08. The number of rotatable bonds is 6. The Morgan fingerprint density at radius 2 is 1.82 bits per heavy atom. The van der Waals surface area contributed by atoms with Gasteiger partial charge in [-0.3, -0.25) is 13.9 Å². The fourth-order valence-corrected chi connectivity index (χ4v) is 6.25. The van der Waals surface area contributed by atoms with Gasteiger partial charge < -0.3 is 19.6 Å². The summed E-state index contributed by atoms with van der Waals surface area (Å²) in [6.45, 7) is 0.697. The van der Waals surface area contributed by atoms with E-state index < -0.39 is 27.6 Å². The number of aromatic amines is 1. The molecule has 1 aliphatic rings. The van der Waals surface area contributed by atoms with E-state index in [1.807, 2.05) is 0 Å². The van der Waals surface area contributed by atoms with Gasteiger partial charge in [-0.05, 0) is 66.9 Å². The zero-order valence-corrected chi connectivity index (χ0v) is 25.0. The Bertz CT molecular complexity index is 2040. The van der Waals surface area contributed by atoms with E-state index in [1.54, 1.807) is 17.0 Å². The zero-order valence-electron chi connectivity index (χ0n) is 24.1. The molecule has 0 radical (unpaired) electrons. The van der Waals surface area contributed by atoms with Crippen LogP contribution in [0.25, 0.3) is 33.3 Å². The number of benzene rings is 3. The molecule has 0 unspecified atom stereocenters. The molecule has 3 heterocycles. The number of anilines is 1. The Morgan fingerprint density at radius 3 is 2.52 bits per heavy atom. The zero-order chi connectivity index (χ0) is 31.3. The summed E-state index contributed by atoms with van der Waals surface area (Å²) in [4.78, 5) is 35.6. The number of sulfonamides is 1. The fourth-order valence-electron chi connectivity index (χ4n) is 5.73. The predicted molar refractivity (Wildman–Crippen MR) is 162 cm³/mol. The molecule has 13 heteroatoms. The normalized spacial score (nSPS) is 15.6. The van der Waals surface area contributed by atoms with Crippen molar-refractivity contribution in [2.75, 3.05) is 37.7 Å². The molecule has 44 heavy (non-hydrogen) atoms. The van der Waals surface area contributed by atoms with E-state index in [9.17, 15) is 26.8 Å². The summed E-state index contributed by atoms with van der Waals surface area (Å²) in [5.74, 6) is -1.70. The van der Waals surface area contributed by atoms with Crippen LogP contribution >= 0.6 is 0 Å². The van der Waals surface area contributed by atoms with Crippen LogP contribution in [0, 0.1) is 11.6 Å². The Kier molecular flexibility index (Phi) is 7.36. The molecule has 3 aromatic carbocycles. The van der Waals surface area contributed by atoms with Crippen molar-refractivity contribution in [3.05, 3.63) is 83.2 Å². The SMILES string of the molecule is CNC(=O)c1c(-c2ccc(F)cc2)oc2cc(N(C)S(C)(=O)=O)c([C@@H]3CCCN(C(=O)c4nc5ccc(F)cc5[nH]4)C3)cc12. The van der Waals surface area contributed by atoms with E-state index in [2.05, 4.69) is 15.3 Å². The van der Waals surface area contributed by atoms with Gasteiger partial charge in [-0.2, -0.15) is 0 Å². The summed E-state index contributed by atoms with van der Waals surface area (Å²) >= 11 is 0. The number of nitrogens with one attached hydrogen (secondary N) is 2. The number of hydrogen-bond acceptors (Lipinski definition) is 6. The highest BCUT2D eigenvalue weighted by atomic mass is 32.2. The van der Waals surface area contributed by atoms with Gasteiger partial charge in [0.05, 0.1) is 28.5 Å². The lowest BCUT2D eigenvalue weighted by Gasteiger charge is -2.34. The number of imidazole rings is 1. The lowest BCUT2D eigenvalue weighted by atomic mass is 9.88. The van der Waals surface area contributed by atoms with Crippen molar-refractivity contribution in [1.82, 2.24) is 20.2 Å². The smallest absolute Gasteiger partial charge is 0.289 e. The molecule has 10 nitrogen and oxygen atoms in total. The molecule has 1 fully saturated rings. The first-order valence-electron chi connectivity index (χ1n) is 13.9. The maximum atomic E-state index is 13.7. The first-order chi connectivity index (χ1) is 20.9. The summed E-state index contributed by atoms with van der Waals surface area (Å²) < 4.78 is 60.2. The van der Waals surface area contributed by atoms with E-state index >= 15 is 0 Å². The van der Waals surface area contributed by atoms with E-state index in [0.29, 0.717) is 52.6 Å². The van der Waals surface area contributed by atoms with E-state index in [-0.39, 0.29) is 41.1 Å². The van der Waals surface area contributed by atoms with Crippen LogP contribution in [-0.2, 0) is 10.0 Å². The van der Waals surface area contributed by atoms with Crippen LogP contribution in [0.4, 0.5) is 14.5 Å². The Hall–Kier alpha value is -4.78. The number of piperidine rings is 1. The third kappa shape index (κ3) is 5.27. The molecule has 2 N–H and O–H groups in total. The van der Waals surface area contributed by atoms with Crippen molar-refractivity contribution in [3.8, 4) is 11.3 Å². The van der Waals surface area contributed by atoms with Gasteiger partial charge in [0.15, 0.2) is 5.82 Å². The lowest BCUT2D eigenvalue weighted by molar-refractivity contribution is 0.0696. The molecular weight excluding hydrogens is 592 g/mol. The first-order valence-corrected chi connectivity index (χ1v) is 15.8. The third-order valence-corrected chi connectivity index (χ3v) is 9.22. The molecule has 5 aromatic rings. The number of nitrogens with zero attached hydrogens (tertiary/aromatic N) is 3. The lowest BCUT2D eigenvalue weighted by Crippen LogP contribution is -2.40. The molecule has 1 atom stereocenters. The summed E-state index contributed by atoms with van der Waals surface area (Å²) in [6.07, 6.45) is 2.35. The predicted octanol–water partition coefficient (Wildman–Crippen LogP) is 5.03. The van der Waals surface area contributed by atoms with Gasteiger partial charge in [0.25, 0.3) is 11.8 Å². The van der Waals surface area contributed by atoms with Crippen LogP contribution < -0.4 is 9.62 Å². The number of H-pyrrole nitrogens is 1. The number of likely N-dealkylation sites (tertiary alicyclic amines) is 1. The number of furan rings is 1. The summed E-state index contributed by atoms with van der Waals surface area (Å²) in [5.41, 5.74) is 2.80. The minimum atomic E-state index is -3.71. The van der Waals surface area contributed by atoms with E-state index in [4.69, 9.17) is 4.42 Å². The van der Waals surface area contributed by atoms with Crippen LogP contribution in [0.5, 0.6) is 0 Å². The Morgan fingerprint density at radius 1 is 1.09 bits per heavy atom. The van der Waals surface area contributed by atoms with Crippen LogP contribution in [0.3, 0.4) is 0 Å². The molecule has 0 saturated carbocycles. The number of halogens is 2. The topological polar surface area (TPSA) is 129 Å². The van der Waals surface area contributed by atoms with Gasteiger partial charge in [-0.1, -0.05) is 0 Å². The number of carbonyl (C=O) groups is 2. The highest BCUT2D eigenvalue weighted by Crippen LogP contribution is 2.42. The highest BCUT2D eigenvalue weighted by Gasteiger charge is 2.32. The number of fused-ring (bicyclic) bond motifs is 2. The van der Waals surface area contributed by atoms with Crippen molar-refractivity contribution in [2.45, 2.75) is 18.8 Å². The monoisotopic (exact) mass is 621 g/mol. The van der Waals surface area contributed by atoms with Gasteiger partial charge >= 0.3 is 0 Å². The quantitative estimate of drug-likeness (QED) is 0.274. The standard InChI is InChI=1S/C31H29F2N5O5S/c1-34-30(39)27-22-14-21(18-5-4-12-38(16-18)31(40)29-35-23-11-10-20(33)13-24(23)36-29)25(37(2)44(3,41)42)15-26(22)43-28(27)17-6-8-19(32)9-7-17/h6-11,13-15,18H,4-5,12,16H2,1-3H3,(H,34,39)(H,35,36)/t18-/m1/s1. The Labute approximate surface area is 251 Å². The molecular formula is C31H29F2N5O5S. The molecule has 0 spiro atoms. The maximum Gasteiger partial charge on any atom is 0.289 e. The molecule has 228 valence electrons. The van der Waals surface area contributed by atoms with Crippen LogP contribution in [0.15, 0.2) is 59.0 Å². The van der Waals surface area contributed by atoms with Crippen molar-refractivity contribution >= 4 is 49.5 Å². The van der Waals surface area contributed by atoms with Crippen LogP contribution in [0.2, 0.25) is 0 Å². The van der Waals surface area contributed by atoms with E-state index in [0.717, 1.165) is 10.6 Å². The average molecular weight is 622 g/mol. The first kappa shape index (κ1) is 29.3. The van der Waals surface area contributed by atoms with Crippen molar-refractivity contribution in [2.24, 2.45) is 0 Å². The number of carbonyl (C=O) groups excluding carboxylic acids is 2. The molecule has 2 amide bonds. The average Bonchev–Trinajstić information content (AvgIpc) is 3.60. The summed E-state index contributed by atoms with van der Waals surface area (Å²) in [6, 6.07) is 12.9. The molecule has 1 saturated heterocycles. The van der Waals surface area contributed by atoms with Crippen molar-refractivity contribution < 1.29 is 31.2 Å². The van der Waals surface area contributed by atoms with Gasteiger partial charge in [0.2, 0.25) is 10.0 Å². The second-order valence-electron chi connectivity index (χ2n) is 10.9. The maximum absolute atomic E-state index is 13.7. The molecule has 6 rings (SSSR count). The molecule has 2 aromatic heterocycles. The number of aromatic nitrogens is 2. The molecule has 0 bridgehead atoms. The van der Waals surface area contributed by atoms with Crippen LogP contribution in [-0.4, -0.2) is 68.5 Å². The van der Waals surface area contributed by atoms with Gasteiger partial charge in [0, 0.05) is 50.1 Å². The minimum Gasteiger partial charge on any atom is -0.455 e. The second kappa shape index (κ2) is 11.1. The highest BCUT2D eigenvalue weighted by molar-refractivity contribution is 7.92. The van der Waals surface area contributed by atoms with Crippen molar-refractivity contribution in [1.29, 1.82) is 0 Å². The van der Waals surface area contributed by atoms with Gasteiger partial charge in [-0.15, -0.1) is 0 Å². The van der Waals surface area contributed by atoms with Gasteiger partial charge in [0.1, 0.15) is 23.0 Å². The third-order valence-electron chi connectivity index (χ3n) is 8.03. The second-order valence-corrected chi connectivity index (χ2v) is 12.9. The van der Waals surface area contributed by atoms with Crippen LogP contribution in [0.1, 0.15) is 45.3 Å². The number of hydrogen-bond donors (Lipinski definition) is 2.